The van der Waals surface area contributed by atoms with Crippen molar-refractivity contribution in [3.63, 3.8) is 0 Å². The van der Waals surface area contributed by atoms with Crippen LogP contribution in [0.4, 0.5) is 0 Å². The van der Waals surface area contributed by atoms with Crippen molar-refractivity contribution < 1.29 is 35.0 Å². The second kappa shape index (κ2) is 23.1. The van der Waals surface area contributed by atoms with Gasteiger partial charge in [-0.25, -0.2) is 0 Å². The Labute approximate surface area is 240 Å². The molecule has 0 fully saturated rings. The van der Waals surface area contributed by atoms with E-state index in [1.165, 1.54) is 56.9 Å². The number of hydrogen-bond acceptors (Lipinski definition) is 7. The summed E-state index contributed by atoms with van der Waals surface area (Å²) in [5, 5.41) is 47.9. The highest BCUT2D eigenvalue weighted by Gasteiger charge is 2.33. The smallest absolute Gasteiger partial charge is 0.0632 e. The Morgan fingerprint density at radius 1 is 0.615 bits per heavy atom. The summed E-state index contributed by atoms with van der Waals surface area (Å²) in [5.74, 6) is 2.48. The second-order valence-electron chi connectivity index (χ2n) is 12.9. The van der Waals surface area contributed by atoms with Crippen LogP contribution in [0.25, 0.3) is 0 Å². The zero-order chi connectivity index (χ0) is 29.6. The minimum absolute atomic E-state index is 0.00346. The molecule has 5 N–H and O–H groups in total. The fraction of sp³-hybridized carbons (Fsp3) is 0.938. The van der Waals surface area contributed by atoms with Gasteiger partial charge in [0.1, 0.15) is 0 Å². The third-order valence-corrected chi connectivity index (χ3v) is 8.03. The van der Waals surface area contributed by atoms with Crippen LogP contribution in [0.15, 0.2) is 11.6 Å². The number of aliphatic hydroxyl groups excluding tert-OH is 5. The van der Waals surface area contributed by atoms with Crippen LogP contribution in [-0.2, 0) is 9.47 Å². The molecule has 2 atom stereocenters. The molecule has 0 aliphatic rings. The van der Waals surface area contributed by atoms with Crippen molar-refractivity contribution in [3.05, 3.63) is 11.6 Å². The molecular formula is C32H64O7. The predicted molar refractivity (Wildman–Crippen MR) is 160 cm³/mol. The Morgan fingerprint density at radius 2 is 1.08 bits per heavy atom. The largest absolute Gasteiger partial charge is 0.396 e. The Bertz CT molecular complexity index is 577. The first-order valence-corrected chi connectivity index (χ1v) is 15.5. The Morgan fingerprint density at radius 3 is 1.59 bits per heavy atom. The van der Waals surface area contributed by atoms with Crippen LogP contribution >= 0.6 is 0 Å². The number of ether oxygens (including phenoxy) is 2. The fourth-order valence-corrected chi connectivity index (χ4v) is 4.68. The van der Waals surface area contributed by atoms with Crippen molar-refractivity contribution >= 4 is 0 Å². The molecule has 0 aliphatic heterocycles. The van der Waals surface area contributed by atoms with Crippen LogP contribution in [0, 0.1) is 28.6 Å². The van der Waals surface area contributed by atoms with E-state index in [9.17, 15) is 25.5 Å². The Balaban J connectivity index is 4.07. The van der Waals surface area contributed by atoms with Gasteiger partial charge in [-0.15, -0.1) is 0 Å². The van der Waals surface area contributed by atoms with E-state index in [0.717, 1.165) is 37.0 Å². The maximum atomic E-state index is 9.82. The van der Waals surface area contributed by atoms with Crippen molar-refractivity contribution in [3.8, 4) is 0 Å². The van der Waals surface area contributed by atoms with E-state index in [1.54, 1.807) is 0 Å². The highest BCUT2D eigenvalue weighted by Crippen LogP contribution is 2.23. The summed E-state index contributed by atoms with van der Waals surface area (Å²) in [6, 6.07) is 0. The maximum absolute atomic E-state index is 9.82. The van der Waals surface area contributed by atoms with Crippen molar-refractivity contribution in [2.45, 2.75) is 105 Å². The van der Waals surface area contributed by atoms with Gasteiger partial charge in [-0.2, -0.15) is 0 Å². The predicted octanol–water partition coefficient (Wildman–Crippen LogP) is 5.12. The van der Waals surface area contributed by atoms with E-state index in [1.807, 2.05) is 0 Å². The average Bonchev–Trinajstić information content (AvgIpc) is 2.92. The summed E-state index contributed by atoms with van der Waals surface area (Å²) in [6.45, 7) is 10.3. The first-order chi connectivity index (χ1) is 18.6. The third kappa shape index (κ3) is 18.5. The molecule has 0 aromatic heterocycles. The molecule has 0 aliphatic carbocycles. The molecule has 0 saturated heterocycles. The van der Waals surface area contributed by atoms with Crippen LogP contribution in [0.3, 0.4) is 0 Å². The molecule has 0 bridgehead atoms. The Hall–Kier alpha value is -0.540. The number of aliphatic hydroxyl groups is 5. The van der Waals surface area contributed by atoms with Crippen molar-refractivity contribution in [2.75, 3.05) is 59.5 Å². The molecule has 39 heavy (non-hydrogen) atoms. The van der Waals surface area contributed by atoms with E-state index >= 15 is 0 Å². The van der Waals surface area contributed by atoms with Gasteiger partial charge in [0.15, 0.2) is 0 Å². The summed E-state index contributed by atoms with van der Waals surface area (Å²) in [5.41, 5.74) is -0.694. The van der Waals surface area contributed by atoms with Gasteiger partial charge in [-0.3, -0.25) is 0 Å². The quantitative estimate of drug-likeness (QED) is 0.0699. The lowest BCUT2D eigenvalue weighted by Gasteiger charge is -2.32. The summed E-state index contributed by atoms with van der Waals surface area (Å²) in [6.07, 6.45) is 15.9. The topological polar surface area (TPSA) is 120 Å². The molecule has 0 spiro atoms. The van der Waals surface area contributed by atoms with Gasteiger partial charge in [0.25, 0.3) is 0 Å². The summed E-state index contributed by atoms with van der Waals surface area (Å²) < 4.78 is 11.3. The van der Waals surface area contributed by atoms with Gasteiger partial charge < -0.3 is 35.0 Å². The number of allylic oxidation sites excluding steroid dienone is 2. The summed E-state index contributed by atoms with van der Waals surface area (Å²) in [4.78, 5) is 0. The molecule has 0 aromatic rings. The summed E-state index contributed by atoms with van der Waals surface area (Å²) in [7, 11) is 0. The van der Waals surface area contributed by atoms with E-state index < -0.39 is 30.7 Å². The lowest BCUT2D eigenvalue weighted by Crippen LogP contribution is -2.43. The van der Waals surface area contributed by atoms with Crippen LogP contribution in [0.2, 0.25) is 0 Å². The molecule has 0 saturated carbocycles. The van der Waals surface area contributed by atoms with Crippen LogP contribution in [0.1, 0.15) is 105 Å². The standard InChI is InChI=1S/C32H64O7/c1-27(2)11-8-13-29(4)15-10-17-30(5)16-9-14-28(3)12-6-7-18-38-25-32(22-36,23-37)26-39-24-31(19-33,20-34)21-35/h12,27,29-30,33-37H,6-11,13-26H2,1-5H3/b28-12+. The molecule has 234 valence electrons. The first kappa shape index (κ1) is 38.5. The molecule has 2 unspecified atom stereocenters. The Kier molecular flexibility index (Phi) is 22.8. The first-order valence-electron chi connectivity index (χ1n) is 15.5. The highest BCUT2D eigenvalue weighted by atomic mass is 16.5. The zero-order valence-corrected chi connectivity index (χ0v) is 26.0. The third-order valence-electron chi connectivity index (χ3n) is 8.03. The number of rotatable bonds is 27. The van der Waals surface area contributed by atoms with Gasteiger partial charge in [0, 0.05) is 6.61 Å². The molecular weight excluding hydrogens is 496 g/mol. The number of unbranched alkanes of at least 4 members (excludes halogenated alkanes) is 1. The minimum Gasteiger partial charge on any atom is -0.396 e. The van der Waals surface area contributed by atoms with Gasteiger partial charge in [0.2, 0.25) is 0 Å². The van der Waals surface area contributed by atoms with Crippen molar-refractivity contribution in [1.82, 2.24) is 0 Å². The van der Waals surface area contributed by atoms with Gasteiger partial charge in [0.05, 0.1) is 63.7 Å². The molecule has 7 nitrogen and oxygen atoms in total. The molecule has 0 heterocycles. The van der Waals surface area contributed by atoms with Crippen LogP contribution in [0.5, 0.6) is 0 Å². The normalized spacial score (nSPS) is 14.8. The lowest BCUT2D eigenvalue weighted by atomic mass is 9.90. The SMILES string of the molecule is C/C(=C\CCCOCC(CO)(CO)COCC(CO)(CO)CO)CCCC(C)CCCC(C)CCCC(C)C. The van der Waals surface area contributed by atoms with Crippen LogP contribution < -0.4 is 0 Å². The van der Waals surface area contributed by atoms with Crippen molar-refractivity contribution in [2.24, 2.45) is 28.6 Å². The van der Waals surface area contributed by atoms with Crippen molar-refractivity contribution in [1.29, 1.82) is 0 Å². The monoisotopic (exact) mass is 560 g/mol. The molecule has 0 radical (unpaired) electrons. The minimum atomic E-state index is -1.15. The summed E-state index contributed by atoms with van der Waals surface area (Å²) >= 11 is 0. The van der Waals surface area contributed by atoms with E-state index in [2.05, 4.69) is 40.7 Å². The molecule has 7 heteroatoms. The van der Waals surface area contributed by atoms with Crippen LogP contribution in [-0.4, -0.2) is 85.0 Å². The highest BCUT2D eigenvalue weighted by molar-refractivity contribution is 4.97. The molecule has 0 aromatic carbocycles. The van der Waals surface area contributed by atoms with E-state index in [0.29, 0.717) is 6.61 Å². The van der Waals surface area contributed by atoms with Gasteiger partial charge >= 0.3 is 0 Å². The van der Waals surface area contributed by atoms with E-state index in [-0.39, 0.29) is 33.0 Å². The van der Waals surface area contributed by atoms with Gasteiger partial charge in [-0.1, -0.05) is 84.3 Å². The molecule has 0 amide bonds. The second-order valence-corrected chi connectivity index (χ2v) is 12.9. The average molecular weight is 561 g/mol. The number of hydrogen-bond donors (Lipinski definition) is 5. The van der Waals surface area contributed by atoms with E-state index in [4.69, 9.17) is 9.47 Å². The maximum Gasteiger partial charge on any atom is 0.0632 e. The fourth-order valence-electron chi connectivity index (χ4n) is 4.68. The van der Waals surface area contributed by atoms with Gasteiger partial charge in [-0.05, 0) is 50.4 Å². The zero-order valence-electron chi connectivity index (χ0n) is 26.0. The molecule has 0 rings (SSSR count). The lowest BCUT2D eigenvalue weighted by molar-refractivity contribution is -0.111.